The predicted molar refractivity (Wildman–Crippen MR) is 129 cm³/mol. The Balaban J connectivity index is 1.29. The lowest BCUT2D eigenvalue weighted by molar-refractivity contribution is -0.137. The van der Waals surface area contributed by atoms with E-state index in [0.29, 0.717) is 38.8 Å². The van der Waals surface area contributed by atoms with Crippen LogP contribution in [0.15, 0.2) is 36.4 Å². The van der Waals surface area contributed by atoms with E-state index in [1.807, 2.05) is 17.7 Å². The van der Waals surface area contributed by atoms with Gasteiger partial charge in [0, 0.05) is 32.1 Å². The molecule has 0 atom stereocenters. The Hall–Kier alpha value is -3.02. The van der Waals surface area contributed by atoms with Crippen LogP contribution in [0, 0.1) is 0 Å². The summed E-state index contributed by atoms with van der Waals surface area (Å²) in [5, 5.41) is 3.55. The minimum atomic E-state index is -4.40. The monoisotopic (exact) mass is 503 g/mol. The second-order valence-electron chi connectivity index (χ2n) is 8.50. The number of Topliss-reactive ketones (excluding diaryl/α,β-unsaturated/α-hetero) is 1. The van der Waals surface area contributed by atoms with E-state index < -0.39 is 11.7 Å². The molecule has 0 amide bonds. The molecule has 0 aliphatic carbocycles. The lowest BCUT2D eigenvalue weighted by Crippen LogP contribution is -2.36. The molecule has 11 heteroatoms. The number of imidazole rings is 1. The Morgan fingerprint density at radius 2 is 1.91 bits per heavy atom. The molecular formula is C24H24F3N5O2S. The molecular weight excluding hydrogens is 479 g/mol. The summed E-state index contributed by atoms with van der Waals surface area (Å²) < 4.78 is 46.6. The lowest BCUT2D eigenvalue weighted by Gasteiger charge is -2.26. The maximum atomic E-state index is 13.0. The molecule has 4 aromatic rings. The summed E-state index contributed by atoms with van der Waals surface area (Å²) in [7, 11) is 1.83. The zero-order chi connectivity index (χ0) is 24.6. The number of fused-ring (bicyclic) bond motifs is 2. The molecule has 0 unspecified atom stereocenters. The number of alkyl halides is 3. The molecule has 35 heavy (non-hydrogen) atoms. The highest BCUT2D eigenvalue weighted by atomic mass is 32.1. The van der Waals surface area contributed by atoms with Gasteiger partial charge in [-0.15, -0.1) is 0 Å². The minimum Gasteiger partial charge on any atom is -0.379 e. The summed E-state index contributed by atoms with van der Waals surface area (Å²) in [5.74, 6) is 0.569. The van der Waals surface area contributed by atoms with Gasteiger partial charge in [-0.3, -0.25) is 9.69 Å². The van der Waals surface area contributed by atoms with Gasteiger partial charge in [-0.1, -0.05) is 11.3 Å². The second kappa shape index (κ2) is 9.56. The van der Waals surface area contributed by atoms with Crippen LogP contribution in [0.4, 0.5) is 24.3 Å². The fourth-order valence-corrected chi connectivity index (χ4v) is 5.07. The lowest BCUT2D eigenvalue weighted by atomic mass is 10.1. The highest BCUT2D eigenvalue weighted by Crippen LogP contribution is 2.35. The van der Waals surface area contributed by atoms with Gasteiger partial charge in [-0.2, -0.15) is 13.2 Å². The van der Waals surface area contributed by atoms with E-state index in [1.54, 1.807) is 12.1 Å². The van der Waals surface area contributed by atoms with E-state index in [4.69, 9.17) is 4.74 Å². The van der Waals surface area contributed by atoms with Gasteiger partial charge in [-0.25, -0.2) is 9.97 Å². The zero-order valence-electron chi connectivity index (χ0n) is 19.1. The van der Waals surface area contributed by atoms with E-state index in [0.717, 1.165) is 68.3 Å². The zero-order valence-corrected chi connectivity index (χ0v) is 19.9. The molecule has 184 valence electrons. The number of hydrogen-bond acceptors (Lipinski definition) is 7. The standard InChI is InChI=1S/C24H24F3N5O2S/c1-31-19-7-4-15(20(33)3-2-8-32-9-11-34-12-10-32)13-18(19)28-22(31)30-23-29-17-6-5-16(24(25,26)27)14-21(17)35-23/h4-7,13-14H,2-3,8-12H2,1H3,(H,28,29,30). The number of benzene rings is 2. The van der Waals surface area contributed by atoms with Crippen LogP contribution in [0.1, 0.15) is 28.8 Å². The molecule has 0 saturated carbocycles. The first-order valence-corrected chi connectivity index (χ1v) is 12.1. The maximum Gasteiger partial charge on any atom is 0.416 e. The number of carbonyl (C=O) groups excluding carboxylic acids is 1. The van der Waals surface area contributed by atoms with Crippen molar-refractivity contribution >= 4 is 49.4 Å². The highest BCUT2D eigenvalue weighted by molar-refractivity contribution is 7.22. The number of ether oxygens (including phenoxy) is 1. The minimum absolute atomic E-state index is 0.0759. The van der Waals surface area contributed by atoms with E-state index in [2.05, 4.69) is 20.2 Å². The SMILES string of the molecule is Cn1c(Nc2nc3ccc(C(F)(F)F)cc3s2)nc2cc(C(=O)CCCN3CCOCC3)ccc21. The summed E-state index contributed by atoms with van der Waals surface area (Å²) >= 11 is 1.13. The summed E-state index contributed by atoms with van der Waals surface area (Å²) in [6.45, 7) is 4.17. The van der Waals surface area contributed by atoms with Crippen molar-refractivity contribution in [3.8, 4) is 0 Å². The van der Waals surface area contributed by atoms with Crippen molar-refractivity contribution in [2.24, 2.45) is 7.05 Å². The quantitative estimate of drug-likeness (QED) is 0.348. The normalized spacial score (nSPS) is 15.2. The highest BCUT2D eigenvalue weighted by Gasteiger charge is 2.30. The fraction of sp³-hybridized carbons (Fsp3) is 0.375. The van der Waals surface area contributed by atoms with Crippen LogP contribution in [-0.4, -0.2) is 58.1 Å². The van der Waals surface area contributed by atoms with Gasteiger partial charge in [0.25, 0.3) is 0 Å². The first kappa shape index (κ1) is 23.7. The molecule has 1 N–H and O–H groups in total. The molecule has 1 aliphatic rings. The van der Waals surface area contributed by atoms with E-state index in [-0.39, 0.29) is 5.78 Å². The molecule has 1 fully saturated rings. The van der Waals surface area contributed by atoms with Crippen molar-refractivity contribution in [2.45, 2.75) is 19.0 Å². The molecule has 7 nitrogen and oxygen atoms in total. The van der Waals surface area contributed by atoms with Gasteiger partial charge in [0.05, 0.1) is 40.0 Å². The Kier molecular flexibility index (Phi) is 6.47. The van der Waals surface area contributed by atoms with Crippen molar-refractivity contribution in [1.29, 1.82) is 0 Å². The number of nitrogens with zero attached hydrogens (tertiary/aromatic N) is 4. The van der Waals surface area contributed by atoms with Gasteiger partial charge in [0.15, 0.2) is 10.9 Å². The van der Waals surface area contributed by atoms with Crippen LogP contribution >= 0.6 is 11.3 Å². The topological polar surface area (TPSA) is 72.3 Å². The number of carbonyl (C=O) groups is 1. The molecule has 0 spiro atoms. The van der Waals surface area contributed by atoms with Crippen LogP contribution in [0.2, 0.25) is 0 Å². The first-order valence-electron chi connectivity index (χ1n) is 11.3. The number of morpholine rings is 1. The molecule has 3 heterocycles. The van der Waals surface area contributed by atoms with Gasteiger partial charge < -0.3 is 14.6 Å². The van der Waals surface area contributed by atoms with E-state index >= 15 is 0 Å². The third kappa shape index (κ3) is 5.16. The average molecular weight is 504 g/mol. The Labute approximate surface area is 203 Å². The third-order valence-electron chi connectivity index (χ3n) is 6.12. The van der Waals surface area contributed by atoms with E-state index in [9.17, 15) is 18.0 Å². The van der Waals surface area contributed by atoms with Crippen LogP contribution in [-0.2, 0) is 18.0 Å². The van der Waals surface area contributed by atoms with Crippen molar-refractivity contribution < 1.29 is 22.7 Å². The molecule has 1 saturated heterocycles. The van der Waals surface area contributed by atoms with Gasteiger partial charge in [0.2, 0.25) is 5.95 Å². The fourth-order valence-electron chi connectivity index (χ4n) is 4.17. The number of hydrogen-bond donors (Lipinski definition) is 1. The summed E-state index contributed by atoms with van der Waals surface area (Å²) in [5.41, 5.74) is 1.88. The Morgan fingerprint density at radius 3 is 2.69 bits per heavy atom. The van der Waals surface area contributed by atoms with Gasteiger partial charge >= 0.3 is 6.18 Å². The smallest absolute Gasteiger partial charge is 0.379 e. The number of anilines is 2. The van der Waals surface area contributed by atoms with Crippen molar-refractivity contribution in [2.75, 3.05) is 38.2 Å². The molecule has 2 aromatic heterocycles. The third-order valence-corrected chi connectivity index (χ3v) is 7.05. The van der Waals surface area contributed by atoms with Crippen LogP contribution in [0.25, 0.3) is 21.3 Å². The van der Waals surface area contributed by atoms with Crippen LogP contribution < -0.4 is 5.32 Å². The van der Waals surface area contributed by atoms with E-state index in [1.165, 1.54) is 6.07 Å². The van der Waals surface area contributed by atoms with Crippen LogP contribution in [0.3, 0.4) is 0 Å². The number of ketones is 1. The molecule has 0 bridgehead atoms. The van der Waals surface area contributed by atoms with Crippen molar-refractivity contribution in [3.63, 3.8) is 0 Å². The van der Waals surface area contributed by atoms with Crippen molar-refractivity contribution in [1.82, 2.24) is 19.4 Å². The number of thiazole rings is 1. The predicted octanol–water partition coefficient (Wildman–Crippen LogP) is 5.24. The molecule has 0 radical (unpaired) electrons. The average Bonchev–Trinajstić information content (AvgIpc) is 3.38. The number of halogens is 3. The largest absolute Gasteiger partial charge is 0.416 e. The number of nitrogens with one attached hydrogen (secondary N) is 1. The molecule has 2 aromatic carbocycles. The summed E-state index contributed by atoms with van der Waals surface area (Å²) in [4.78, 5) is 24.0. The summed E-state index contributed by atoms with van der Waals surface area (Å²) in [6.07, 6.45) is -3.15. The first-order chi connectivity index (χ1) is 16.8. The van der Waals surface area contributed by atoms with Crippen molar-refractivity contribution in [3.05, 3.63) is 47.5 Å². The Bertz CT molecular complexity index is 1380. The van der Waals surface area contributed by atoms with Crippen LogP contribution in [0.5, 0.6) is 0 Å². The number of aryl methyl sites for hydroxylation is 1. The second-order valence-corrected chi connectivity index (χ2v) is 9.53. The maximum absolute atomic E-state index is 13.0. The molecule has 1 aliphatic heterocycles. The molecule has 5 rings (SSSR count). The Morgan fingerprint density at radius 1 is 1.11 bits per heavy atom. The van der Waals surface area contributed by atoms with Gasteiger partial charge in [-0.05, 0) is 49.4 Å². The number of rotatable bonds is 7. The van der Waals surface area contributed by atoms with Gasteiger partial charge in [0.1, 0.15) is 0 Å². The number of aromatic nitrogens is 3. The summed E-state index contributed by atoms with van der Waals surface area (Å²) in [6, 6.07) is 8.94.